The van der Waals surface area contributed by atoms with E-state index in [4.69, 9.17) is 14.2 Å². The first kappa shape index (κ1) is 18.2. The summed E-state index contributed by atoms with van der Waals surface area (Å²) in [5.74, 6) is 1.89. The fourth-order valence-electron chi connectivity index (χ4n) is 3.80. The summed E-state index contributed by atoms with van der Waals surface area (Å²) >= 11 is 0. The van der Waals surface area contributed by atoms with Gasteiger partial charge in [-0.3, -0.25) is 0 Å². The highest BCUT2D eigenvalue weighted by Gasteiger charge is 2.26. The molecule has 3 rings (SSSR count). The Hall–Kier alpha value is -1.58. The smallest absolute Gasteiger partial charge is 0.157 e. The topological polar surface area (TPSA) is 27.7 Å². The highest BCUT2D eigenvalue weighted by Crippen LogP contribution is 2.32. The molecule has 1 unspecified atom stereocenters. The third kappa shape index (κ3) is 4.34. The Balaban J connectivity index is 1.68. The summed E-state index contributed by atoms with van der Waals surface area (Å²) in [4.78, 5) is 0. The first-order valence-electron chi connectivity index (χ1n) is 9.55. The van der Waals surface area contributed by atoms with Gasteiger partial charge in [-0.1, -0.05) is 57.4 Å². The van der Waals surface area contributed by atoms with E-state index in [-0.39, 0.29) is 6.29 Å². The second-order valence-electron chi connectivity index (χ2n) is 7.03. The minimum absolute atomic E-state index is 0.0391. The quantitative estimate of drug-likeness (QED) is 0.663. The molecule has 0 aliphatic carbocycles. The van der Waals surface area contributed by atoms with E-state index >= 15 is 0 Å². The van der Waals surface area contributed by atoms with Crippen molar-refractivity contribution in [1.29, 1.82) is 0 Å². The second kappa shape index (κ2) is 8.68. The van der Waals surface area contributed by atoms with Gasteiger partial charge in [-0.15, -0.1) is 0 Å². The van der Waals surface area contributed by atoms with E-state index < -0.39 is 0 Å². The van der Waals surface area contributed by atoms with E-state index in [2.05, 4.69) is 44.2 Å². The van der Waals surface area contributed by atoms with Crippen molar-refractivity contribution in [2.24, 2.45) is 5.92 Å². The van der Waals surface area contributed by atoms with Crippen LogP contribution in [0.15, 0.2) is 36.4 Å². The van der Waals surface area contributed by atoms with Gasteiger partial charge in [0, 0.05) is 12.3 Å². The average molecular weight is 342 g/mol. The lowest BCUT2D eigenvalue weighted by molar-refractivity contribution is -0.195. The fraction of sp³-hybridized carbons (Fsp3) is 0.545. The van der Waals surface area contributed by atoms with Gasteiger partial charge >= 0.3 is 0 Å². The van der Waals surface area contributed by atoms with Crippen LogP contribution >= 0.6 is 0 Å². The van der Waals surface area contributed by atoms with Crippen LogP contribution in [-0.2, 0) is 9.47 Å². The molecule has 3 nitrogen and oxygen atoms in total. The Morgan fingerprint density at radius 3 is 2.60 bits per heavy atom. The molecule has 0 bridgehead atoms. The van der Waals surface area contributed by atoms with Gasteiger partial charge in [-0.2, -0.15) is 0 Å². The second-order valence-corrected chi connectivity index (χ2v) is 7.03. The standard InChI is InChI=1S/C22H30O3/c1-4-7-16(5-2)12-22-24-14-18(15-25-22)20-9-6-8-17-13-19(23-3)10-11-21(17)20/h6,8-11,13,16,18,22H,4-5,7,12,14-15H2,1-3H3. The number of hydrogen-bond donors (Lipinski definition) is 0. The summed E-state index contributed by atoms with van der Waals surface area (Å²) in [5, 5.41) is 2.46. The molecule has 136 valence electrons. The molecule has 2 aromatic rings. The molecule has 0 aromatic heterocycles. The predicted molar refractivity (Wildman–Crippen MR) is 102 cm³/mol. The average Bonchev–Trinajstić information content (AvgIpc) is 2.67. The third-order valence-electron chi connectivity index (χ3n) is 5.33. The van der Waals surface area contributed by atoms with Crippen LogP contribution in [0.4, 0.5) is 0 Å². The van der Waals surface area contributed by atoms with Gasteiger partial charge in [0.15, 0.2) is 6.29 Å². The highest BCUT2D eigenvalue weighted by molar-refractivity contribution is 5.87. The number of rotatable bonds is 7. The van der Waals surface area contributed by atoms with Crippen LogP contribution in [0, 0.1) is 5.92 Å². The highest BCUT2D eigenvalue weighted by atomic mass is 16.7. The van der Waals surface area contributed by atoms with Crippen LogP contribution < -0.4 is 4.74 Å². The molecule has 1 heterocycles. The van der Waals surface area contributed by atoms with Crippen molar-refractivity contribution in [3.63, 3.8) is 0 Å². The molecule has 1 aliphatic rings. The van der Waals surface area contributed by atoms with Crippen molar-refractivity contribution < 1.29 is 14.2 Å². The zero-order valence-electron chi connectivity index (χ0n) is 15.7. The first-order chi connectivity index (χ1) is 12.2. The van der Waals surface area contributed by atoms with Crippen molar-refractivity contribution in [3.8, 4) is 5.75 Å². The van der Waals surface area contributed by atoms with Gasteiger partial charge in [-0.25, -0.2) is 0 Å². The zero-order chi connectivity index (χ0) is 17.6. The van der Waals surface area contributed by atoms with Crippen LogP contribution in [-0.4, -0.2) is 26.6 Å². The van der Waals surface area contributed by atoms with E-state index in [1.54, 1.807) is 7.11 Å². The van der Waals surface area contributed by atoms with E-state index in [1.165, 1.54) is 35.6 Å². The molecular formula is C22H30O3. The minimum atomic E-state index is -0.0391. The van der Waals surface area contributed by atoms with Crippen molar-refractivity contribution in [1.82, 2.24) is 0 Å². The summed E-state index contributed by atoms with van der Waals surface area (Å²) in [6, 6.07) is 12.7. The first-order valence-corrected chi connectivity index (χ1v) is 9.55. The zero-order valence-corrected chi connectivity index (χ0v) is 15.7. The summed E-state index contributed by atoms with van der Waals surface area (Å²) in [7, 11) is 1.70. The van der Waals surface area contributed by atoms with E-state index in [1.807, 2.05) is 6.07 Å². The maximum absolute atomic E-state index is 6.07. The van der Waals surface area contributed by atoms with Crippen LogP contribution in [0.5, 0.6) is 5.75 Å². The van der Waals surface area contributed by atoms with Gasteiger partial charge in [0.1, 0.15) is 5.75 Å². The summed E-state index contributed by atoms with van der Waals surface area (Å²) in [6.45, 7) is 5.98. The molecule has 25 heavy (non-hydrogen) atoms. The predicted octanol–water partition coefficient (Wildman–Crippen LogP) is 5.52. The number of fused-ring (bicyclic) bond motifs is 1. The van der Waals surface area contributed by atoms with Gasteiger partial charge in [0.25, 0.3) is 0 Å². The lowest BCUT2D eigenvalue weighted by Gasteiger charge is -2.32. The van der Waals surface area contributed by atoms with Crippen LogP contribution in [0.3, 0.4) is 0 Å². The lowest BCUT2D eigenvalue weighted by Crippen LogP contribution is -2.32. The largest absolute Gasteiger partial charge is 0.497 e. The Labute approximate surface area is 151 Å². The Morgan fingerprint density at radius 2 is 1.92 bits per heavy atom. The van der Waals surface area contributed by atoms with Gasteiger partial charge in [0.2, 0.25) is 0 Å². The van der Waals surface area contributed by atoms with Crippen molar-refractivity contribution in [3.05, 3.63) is 42.0 Å². The molecule has 0 spiro atoms. The summed E-state index contributed by atoms with van der Waals surface area (Å²) in [5.41, 5.74) is 1.30. The Bertz CT molecular complexity index is 674. The molecule has 0 amide bonds. The van der Waals surface area contributed by atoms with Gasteiger partial charge in [0.05, 0.1) is 20.3 Å². The molecule has 1 atom stereocenters. The molecule has 0 saturated carbocycles. The summed E-state index contributed by atoms with van der Waals surface area (Å²) < 4.78 is 17.5. The van der Waals surface area contributed by atoms with E-state index in [0.717, 1.165) is 25.4 Å². The molecule has 0 radical (unpaired) electrons. The monoisotopic (exact) mass is 342 g/mol. The summed E-state index contributed by atoms with van der Waals surface area (Å²) in [6.07, 6.45) is 4.67. The van der Waals surface area contributed by atoms with E-state index in [0.29, 0.717) is 11.8 Å². The van der Waals surface area contributed by atoms with Crippen LogP contribution in [0.2, 0.25) is 0 Å². The molecule has 3 heteroatoms. The lowest BCUT2D eigenvalue weighted by atomic mass is 9.93. The fourth-order valence-corrected chi connectivity index (χ4v) is 3.80. The SMILES string of the molecule is CCCC(CC)CC1OCC(c2cccc3cc(OC)ccc23)CO1. The van der Waals surface area contributed by atoms with Crippen molar-refractivity contribution >= 4 is 10.8 Å². The Morgan fingerprint density at radius 1 is 1.12 bits per heavy atom. The normalized spacial score (nSPS) is 22.0. The number of methoxy groups -OCH3 is 1. The van der Waals surface area contributed by atoms with Crippen molar-refractivity contribution in [2.45, 2.75) is 51.7 Å². The number of hydrogen-bond acceptors (Lipinski definition) is 3. The molecule has 1 saturated heterocycles. The third-order valence-corrected chi connectivity index (χ3v) is 5.33. The number of benzene rings is 2. The van der Waals surface area contributed by atoms with Crippen LogP contribution in [0.1, 0.15) is 51.0 Å². The molecule has 1 aliphatic heterocycles. The maximum atomic E-state index is 6.07. The Kier molecular flexibility index (Phi) is 6.33. The van der Waals surface area contributed by atoms with Crippen molar-refractivity contribution in [2.75, 3.05) is 20.3 Å². The van der Waals surface area contributed by atoms with Gasteiger partial charge in [-0.05, 0) is 34.4 Å². The maximum Gasteiger partial charge on any atom is 0.157 e. The number of ether oxygens (including phenoxy) is 3. The molecule has 1 fully saturated rings. The van der Waals surface area contributed by atoms with Gasteiger partial charge < -0.3 is 14.2 Å². The van der Waals surface area contributed by atoms with Crippen LogP contribution in [0.25, 0.3) is 10.8 Å². The van der Waals surface area contributed by atoms with E-state index in [9.17, 15) is 0 Å². The molecular weight excluding hydrogens is 312 g/mol. The molecule has 2 aromatic carbocycles. The molecule has 0 N–H and O–H groups in total. The minimum Gasteiger partial charge on any atom is -0.497 e.